The fourth-order valence-electron chi connectivity index (χ4n) is 8.24. The van der Waals surface area contributed by atoms with Crippen LogP contribution in [0.4, 0.5) is 17.1 Å². The monoisotopic (exact) mass is 725 g/mol. The number of nitrogens with zero attached hydrogens (tertiary/aromatic N) is 1. The average Bonchev–Trinajstić information content (AvgIpc) is 3.29. The first-order valence-electron chi connectivity index (χ1n) is 19.6. The van der Waals surface area contributed by atoms with E-state index in [0.29, 0.717) is 0 Å². The van der Waals surface area contributed by atoms with Crippen molar-refractivity contribution in [3.63, 3.8) is 0 Å². The molecule has 0 saturated heterocycles. The lowest BCUT2D eigenvalue weighted by Crippen LogP contribution is -2.09. The lowest BCUT2D eigenvalue weighted by Gasteiger charge is -2.25. The van der Waals surface area contributed by atoms with Crippen molar-refractivity contribution in [2.45, 2.75) is 0 Å². The highest BCUT2D eigenvalue weighted by Crippen LogP contribution is 2.44. The number of benzene rings is 10. The third-order valence-corrected chi connectivity index (χ3v) is 11.0. The van der Waals surface area contributed by atoms with E-state index in [4.69, 9.17) is 0 Å². The minimum atomic E-state index is 1.12. The molecule has 0 spiro atoms. The van der Waals surface area contributed by atoms with Gasteiger partial charge in [0, 0.05) is 17.1 Å². The number of hydrogen-bond acceptors (Lipinski definition) is 1. The van der Waals surface area contributed by atoms with Crippen LogP contribution in [0.5, 0.6) is 0 Å². The quantitative estimate of drug-likeness (QED) is 0.111. The molecule has 0 heterocycles. The van der Waals surface area contributed by atoms with Gasteiger partial charge in [-0.15, -0.1) is 0 Å². The Bertz CT molecular complexity index is 2920. The molecular weight excluding hydrogens is 687 g/mol. The lowest BCUT2D eigenvalue weighted by atomic mass is 9.86. The number of rotatable bonds is 8. The maximum Gasteiger partial charge on any atom is 0.0462 e. The Labute approximate surface area is 334 Å². The molecule has 0 radical (unpaired) electrons. The van der Waals surface area contributed by atoms with Crippen LogP contribution >= 0.6 is 0 Å². The van der Waals surface area contributed by atoms with Crippen LogP contribution in [0.1, 0.15) is 11.1 Å². The van der Waals surface area contributed by atoms with Crippen molar-refractivity contribution in [2.75, 3.05) is 4.90 Å². The average molecular weight is 726 g/mol. The molecule has 1 nitrogen and oxygen atoms in total. The van der Waals surface area contributed by atoms with Gasteiger partial charge in [-0.3, -0.25) is 0 Å². The van der Waals surface area contributed by atoms with E-state index in [-0.39, 0.29) is 0 Å². The van der Waals surface area contributed by atoms with Gasteiger partial charge in [-0.25, -0.2) is 0 Å². The van der Waals surface area contributed by atoms with Crippen molar-refractivity contribution in [3.8, 4) is 33.4 Å². The fourth-order valence-corrected chi connectivity index (χ4v) is 8.24. The molecule has 0 aromatic heterocycles. The molecule has 0 atom stereocenters. The maximum atomic E-state index is 2.31. The van der Waals surface area contributed by atoms with Gasteiger partial charge in [-0.2, -0.15) is 0 Å². The van der Waals surface area contributed by atoms with Crippen molar-refractivity contribution in [2.24, 2.45) is 0 Å². The van der Waals surface area contributed by atoms with E-state index in [9.17, 15) is 0 Å². The molecule has 57 heavy (non-hydrogen) atoms. The van der Waals surface area contributed by atoms with E-state index in [0.717, 1.165) is 17.1 Å². The summed E-state index contributed by atoms with van der Waals surface area (Å²) in [6, 6.07) is 81.0. The van der Waals surface area contributed by atoms with Crippen molar-refractivity contribution in [3.05, 3.63) is 236 Å². The summed E-state index contributed by atoms with van der Waals surface area (Å²) in [4.78, 5) is 2.31. The Morgan fingerprint density at radius 3 is 1.12 bits per heavy atom. The van der Waals surface area contributed by atoms with Crippen molar-refractivity contribution >= 4 is 61.5 Å². The molecule has 0 amide bonds. The van der Waals surface area contributed by atoms with Crippen LogP contribution in [0.2, 0.25) is 0 Å². The summed E-state index contributed by atoms with van der Waals surface area (Å²) >= 11 is 0. The first-order valence-corrected chi connectivity index (χ1v) is 19.6. The molecule has 0 aliphatic carbocycles. The van der Waals surface area contributed by atoms with Gasteiger partial charge in [-0.1, -0.05) is 194 Å². The van der Waals surface area contributed by atoms with Gasteiger partial charge in [0.25, 0.3) is 0 Å². The van der Waals surface area contributed by atoms with Gasteiger partial charge in [-0.05, 0) is 119 Å². The normalized spacial score (nSPS) is 11.4. The maximum absolute atomic E-state index is 2.31. The zero-order chi connectivity index (χ0) is 38.0. The summed E-state index contributed by atoms with van der Waals surface area (Å²) in [5.74, 6) is 0. The summed E-state index contributed by atoms with van der Waals surface area (Å²) in [5.41, 5.74) is 13.1. The molecule has 0 unspecified atom stereocenters. The molecule has 0 aliphatic rings. The second kappa shape index (κ2) is 15.0. The SMILES string of the molecule is C(=C\c1ccc(-c2c3ccccc3c(-c3ccc(N(c4ccccc4)c4ccccc4)cc3)c3ccccc23)cc1)/c1ccc(-c2ccc3ccccc3c2)cc1. The fraction of sp³-hybridized carbons (Fsp3) is 0. The van der Waals surface area contributed by atoms with E-state index in [2.05, 4.69) is 242 Å². The molecule has 0 fully saturated rings. The third-order valence-electron chi connectivity index (χ3n) is 11.0. The zero-order valence-corrected chi connectivity index (χ0v) is 31.5. The van der Waals surface area contributed by atoms with Crippen LogP contribution in [0, 0.1) is 0 Å². The first-order chi connectivity index (χ1) is 28.3. The molecule has 10 aromatic carbocycles. The highest BCUT2D eigenvalue weighted by molar-refractivity contribution is 6.21. The van der Waals surface area contributed by atoms with Crippen LogP contribution in [0.15, 0.2) is 224 Å². The minimum Gasteiger partial charge on any atom is -0.311 e. The Balaban J connectivity index is 0.969. The van der Waals surface area contributed by atoms with Gasteiger partial charge < -0.3 is 4.90 Å². The molecule has 0 saturated carbocycles. The van der Waals surface area contributed by atoms with E-state index in [1.165, 1.54) is 76.8 Å². The second-order valence-electron chi connectivity index (χ2n) is 14.5. The van der Waals surface area contributed by atoms with E-state index >= 15 is 0 Å². The number of fused-ring (bicyclic) bond motifs is 3. The van der Waals surface area contributed by atoms with Gasteiger partial charge >= 0.3 is 0 Å². The minimum absolute atomic E-state index is 1.12. The van der Waals surface area contributed by atoms with E-state index in [1.54, 1.807) is 0 Å². The van der Waals surface area contributed by atoms with Gasteiger partial charge in [0.1, 0.15) is 0 Å². The Morgan fingerprint density at radius 2 is 0.632 bits per heavy atom. The number of hydrogen-bond donors (Lipinski definition) is 0. The topological polar surface area (TPSA) is 3.24 Å². The van der Waals surface area contributed by atoms with Crippen LogP contribution in [0.25, 0.3) is 77.9 Å². The van der Waals surface area contributed by atoms with Crippen molar-refractivity contribution in [1.82, 2.24) is 0 Å². The van der Waals surface area contributed by atoms with Crippen LogP contribution < -0.4 is 4.90 Å². The summed E-state index contributed by atoms with van der Waals surface area (Å²) in [5, 5.41) is 7.53. The summed E-state index contributed by atoms with van der Waals surface area (Å²) < 4.78 is 0. The highest BCUT2D eigenvalue weighted by atomic mass is 15.1. The van der Waals surface area contributed by atoms with Crippen molar-refractivity contribution < 1.29 is 0 Å². The van der Waals surface area contributed by atoms with Crippen LogP contribution in [-0.4, -0.2) is 0 Å². The van der Waals surface area contributed by atoms with Gasteiger partial charge in [0.15, 0.2) is 0 Å². The predicted octanol–water partition coefficient (Wildman–Crippen LogP) is 15.8. The first kappa shape index (κ1) is 34.0. The molecule has 0 N–H and O–H groups in total. The summed E-state index contributed by atoms with van der Waals surface area (Å²) in [6.07, 6.45) is 4.40. The van der Waals surface area contributed by atoms with Gasteiger partial charge in [0.2, 0.25) is 0 Å². The van der Waals surface area contributed by atoms with Crippen LogP contribution in [-0.2, 0) is 0 Å². The molecule has 268 valence electrons. The van der Waals surface area contributed by atoms with E-state index < -0.39 is 0 Å². The highest BCUT2D eigenvalue weighted by Gasteiger charge is 2.18. The van der Waals surface area contributed by atoms with Gasteiger partial charge in [0.05, 0.1) is 0 Å². The number of anilines is 3. The Morgan fingerprint density at radius 1 is 0.263 bits per heavy atom. The second-order valence-corrected chi connectivity index (χ2v) is 14.5. The third kappa shape index (κ3) is 6.66. The lowest BCUT2D eigenvalue weighted by molar-refractivity contribution is 1.28. The molecule has 0 bridgehead atoms. The van der Waals surface area contributed by atoms with Crippen molar-refractivity contribution in [1.29, 1.82) is 0 Å². The van der Waals surface area contributed by atoms with E-state index in [1.807, 2.05) is 0 Å². The molecule has 10 rings (SSSR count). The van der Waals surface area contributed by atoms with Crippen LogP contribution in [0.3, 0.4) is 0 Å². The Hall–Kier alpha value is -7.48. The zero-order valence-electron chi connectivity index (χ0n) is 31.5. The standard InChI is InChI=1S/C56H39N/c1-3-15-48(16-4-1)57(49-17-5-2-6-18-49)50-37-35-45(36-38-50)56-53-21-11-9-19-51(53)55(52-20-10-12-22-54(52)56)44-31-27-41(28-32-44)24-23-40-25-29-43(30-26-40)47-34-33-42-13-7-8-14-46(42)39-47/h1-39H/b24-23+. The molecule has 0 aliphatic heterocycles. The summed E-state index contributed by atoms with van der Waals surface area (Å²) in [7, 11) is 0. The molecule has 10 aromatic rings. The number of para-hydroxylation sites is 2. The smallest absolute Gasteiger partial charge is 0.0462 e. The Kier molecular flexibility index (Phi) is 8.95. The predicted molar refractivity (Wildman–Crippen MR) is 245 cm³/mol. The molecule has 1 heteroatoms. The largest absolute Gasteiger partial charge is 0.311 e. The summed E-state index contributed by atoms with van der Waals surface area (Å²) in [6.45, 7) is 0. The molecular formula is C56H39N.